The Labute approximate surface area is 149 Å². The monoisotopic (exact) mass is 342 g/mol. The van der Waals surface area contributed by atoms with Crippen molar-refractivity contribution >= 4 is 17.3 Å². The molecule has 134 valence electrons. The van der Waals surface area contributed by atoms with Crippen LogP contribution in [0.1, 0.15) is 30.2 Å². The maximum Gasteiger partial charge on any atom is 0.130 e. The van der Waals surface area contributed by atoms with Gasteiger partial charge in [-0.2, -0.15) is 0 Å². The number of aliphatic imine (C=N–C) groups is 1. The Morgan fingerprint density at radius 1 is 1.32 bits per heavy atom. The zero-order chi connectivity index (χ0) is 17.8. The number of fused-ring (bicyclic) bond motifs is 1. The van der Waals surface area contributed by atoms with Crippen LogP contribution in [-0.2, 0) is 11.3 Å². The Balaban J connectivity index is 2.27. The van der Waals surface area contributed by atoms with Crippen LogP contribution < -0.4 is 15.4 Å². The van der Waals surface area contributed by atoms with E-state index in [2.05, 4.69) is 16.8 Å². The van der Waals surface area contributed by atoms with E-state index in [1.54, 1.807) is 0 Å². The summed E-state index contributed by atoms with van der Waals surface area (Å²) < 4.78 is 11.6. The predicted molar refractivity (Wildman–Crippen MR) is 101 cm³/mol. The number of nitrogens with zero attached hydrogens (tertiary/aromatic N) is 3. The highest BCUT2D eigenvalue weighted by Crippen LogP contribution is 2.36. The molecule has 0 saturated heterocycles. The van der Waals surface area contributed by atoms with Gasteiger partial charge in [0.05, 0.1) is 18.8 Å². The lowest BCUT2D eigenvalue weighted by Gasteiger charge is -2.34. The molecule has 25 heavy (non-hydrogen) atoms. The van der Waals surface area contributed by atoms with Crippen LogP contribution in [0.25, 0.3) is 0 Å². The number of hydrogen-bond donors (Lipinski definition) is 1. The van der Waals surface area contributed by atoms with Crippen LogP contribution in [0, 0.1) is 13.8 Å². The standard InChI is InChI=1S/C19H26N4O2/c1-4-24-12-17-21-11-15-18-14(3)16(25-10-6-9-23(17)18)8-5-7-13(2)22-19(15)20/h5,7-8H,4,6,9-12H2,1-3H3,(H2,20,22). The zero-order valence-corrected chi connectivity index (χ0v) is 15.2. The highest BCUT2D eigenvalue weighted by Gasteiger charge is 2.26. The lowest BCUT2D eigenvalue weighted by Crippen LogP contribution is -2.39. The molecule has 2 aliphatic heterocycles. The third kappa shape index (κ3) is 3.69. The molecule has 2 bridgehead atoms. The number of ether oxygens (including phenoxy) is 2. The third-order valence-corrected chi connectivity index (χ3v) is 4.42. The lowest BCUT2D eigenvalue weighted by atomic mass is 10.1. The van der Waals surface area contributed by atoms with E-state index in [-0.39, 0.29) is 0 Å². The molecule has 0 aliphatic carbocycles. The molecule has 3 heterocycles. The Morgan fingerprint density at radius 2 is 2.16 bits per heavy atom. The predicted octanol–water partition coefficient (Wildman–Crippen LogP) is 2.94. The fourth-order valence-corrected chi connectivity index (χ4v) is 3.18. The van der Waals surface area contributed by atoms with Gasteiger partial charge in [-0.1, -0.05) is 6.07 Å². The Bertz CT molecular complexity index is 745. The van der Waals surface area contributed by atoms with Crippen molar-refractivity contribution < 1.29 is 9.47 Å². The first-order valence-electron chi connectivity index (χ1n) is 8.77. The van der Waals surface area contributed by atoms with Gasteiger partial charge in [0.25, 0.3) is 0 Å². The number of amidine groups is 1. The Kier molecular flexibility index (Phi) is 5.38. The normalized spacial score (nSPS) is 15.5. The van der Waals surface area contributed by atoms with E-state index in [0.29, 0.717) is 32.2 Å². The molecule has 1 aromatic heterocycles. The minimum absolute atomic E-state index is 0.503. The molecule has 0 spiro atoms. The summed E-state index contributed by atoms with van der Waals surface area (Å²) >= 11 is 0. The number of rotatable bonds is 3. The summed E-state index contributed by atoms with van der Waals surface area (Å²) in [5.74, 6) is 2.33. The SMILES string of the molecule is CCOCC1=NCc2c(N)nc(C)cccc3c(C)c2N1CCCO3. The molecule has 0 unspecified atom stereocenters. The van der Waals surface area contributed by atoms with E-state index in [4.69, 9.17) is 20.2 Å². The molecule has 0 saturated carbocycles. The maximum atomic E-state index is 6.34. The molecule has 1 aromatic rings. The number of aromatic nitrogens is 1. The summed E-state index contributed by atoms with van der Waals surface area (Å²) in [6.45, 7) is 9.17. The summed E-state index contributed by atoms with van der Waals surface area (Å²) in [7, 11) is 0. The smallest absolute Gasteiger partial charge is 0.130 e. The van der Waals surface area contributed by atoms with Gasteiger partial charge in [0.1, 0.15) is 24.0 Å². The molecular formula is C19H26N4O2. The Morgan fingerprint density at radius 3 is 2.96 bits per heavy atom. The molecule has 2 N–H and O–H groups in total. The largest absolute Gasteiger partial charge is 0.493 e. The summed E-state index contributed by atoms with van der Waals surface area (Å²) in [6.07, 6.45) is 0.901. The third-order valence-electron chi connectivity index (χ3n) is 4.42. The van der Waals surface area contributed by atoms with E-state index in [1.807, 2.05) is 32.0 Å². The first kappa shape index (κ1) is 17.5. The van der Waals surface area contributed by atoms with E-state index < -0.39 is 0 Å². The second-order valence-electron chi connectivity index (χ2n) is 6.20. The second-order valence-corrected chi connectivity index (χ2v) is 6.20. The van der Waals surface area contributed by atoms with Crippen LogP contribution in [0.3, 0.4) is 0 Å². The molecule has 0 atom stereocenters. The van der Waals surface area contributed by atoms with Crippen molar-refractivity contribution in [1.29, 1.82) is 0 Å². The van der Waals surface area contributed by atoms with E-state index >= 15 is 0 Å². The zero-order valence-electron chi connectivity index (χ0n) is 15.2. The van der Waals surface area contributed by atoms with Crippen LogP contribution in [0.4, 0.5) is 11.5 Å². The molecule has 6 nitrogen and oxygen atoms in total. The topological polar surface area (TPSA) is 73.0 Å². The van der Waals surface area contributed by atoms with Crippen molar-refractivity contribution in [3.05, 3.63) is 35.0 Å². The van der Waals surface area contributed by atoms with E-state index in [1.165, 1.54) is 0 Å². The van der Waals surface area contributed by atoms with Crippen LogP contribution in [0.5, 0.6) is 5.75 Å². The van der Waals surface area contributed by atoms with Gasteiger partial charge in [-0.25, -0.2) is 4.98 Å². The summed E-state index contributed by atoms with van der Waals surface area (Å²) in [6, 6.07) is 5.89. The van der Waals surface area contributed by atoms with Crippen molar-refractivity contribution in [2.75, 3.05) is 37.0 Å². The first-order chi connectivity index (χ1) is 12.1. The van der Waals surface area contributed by atoms with Gasteiger partial charge in [0.15, 0.2) is 0 Å². The highest BCUT2D eigenvalue weighted by molar-refractivity contribution is 6.02. The summed E-state index contributed by atoms with van der Waals surface area (Å²) in [5.41, 5.74) is 10.2. The lowest BCUT2D eigenvalue weighted by molar-refractivity contribution is 0.186. The van der Waals surface area contributed by atoms with Crippen molar-refractivity contribution in [2.45, 2.75) is 33.7 Å². The minimum Gasteiger partial charge on any atom is -0.493 e. The average Bonchev–Trinajstić information content (AvgIpc) is 2.59. The van der Waals surface area contributed by atoms with Gasteiger partial charge < -0.3 is 20.1 Å². The summed E-state index contributed by atoms with van der Waals surface area (Å²) in [5, 5.41) is 0. The van der Waals surface area contributed by atoms with Crippen LogP contribution in [-0.4, -0.2) is 37.2 Å². The van der Waals surface area contributed by atoms with Gasteiger partial charge in [-0.3, -0.25) is 4.99 Å². The van der Waals surface area contributed by atoms with Crippen molar-refractivity contribution in [2.24, 2.45) is 4.99 Å². The van der Waals surface area contributed by atoms with Gasteiger partial charge in [-0.05, 0) is 39.3 Å². The van der Waals surface area contributed by atoms with Gasteiger partial charge in [0, 0.05) is 30.0 Å². The first-order valence-corrected chi connectivity index (χ1v) is 8.77. The number of nitrogen functional groups attached to an aromatic ring is 1. The highest BCUT2D eigenvalue weighted by atomic mass is 16.5. The summed E-state index contributed by atoms with van der Waals surface area (Å²) in [4.78, 5) is 11.5. The molecule has 0 aromatic carbocycles. The van der Waals surface area contributed by atoms with Crippen LogP contribution in [0.15, 0.2) is 23.2 Å². The minimum atomic E-state index is 0.503. The fourth-order valence-electron chi connectivity index (χ4n) is 3.18. The van der Waals surface area contributed by atoms with Crippen molar-refractivity contribution in [3.63, 3.8) is 0 Å². The molecular weight excluding hydrogens is 316 g/mol. The number of anilines is 2. The molecule has 6 heteroatoms. The maximum absolute atomic E-state index is 6.34. The molecule has 2 aliphatic rings. The molecule has 3 rings (SSSR count). The fraction of sp³-hybridized carbons (Fsp3) is 0.474. The number of hydrogen-bond acceptors (Lipinski definition) is 6. The quantitative estimate of drug-likeness (QED) is 0.914. The van der Waals surface area contributed by atoms with E-state index in [0.717, 1.165) is 47.1 Å². The van der Waals surface area contributed by atoms with Gasteiger partial charge >= 0.3 is 0 Å². The van der Waals surface area contributed by atoms with Crippen molar-refractivity contribution in [3.8, 4) is 5.75 Å². The van der Waals surface area contributed by atoms with Gasteiger partial charge in [0.2, 0.25) is 0 Å². The Hall–Kier alpha value is -2.34. The molecule has 0 fully saturated rings. The number of aryl methyl sites for hydroxylation is 1. The van der Waals surface area contributed by atoms with Crippen LogP contribution in [0.2, 0.25) is 0 Å². The van der Waals surface area contributed by atoms with E-state index in [9.17, 15) is 0 Å². The van der Waals surface area contributed by atoms with Crippen molar-refractivity contribution in [1.82, 2.24) is 4.98 Å². The second kappa shape index (κ2) is 7.70. The average molecular weight is 342 g/mol. The van der Waals surface area contributed by atoms with Gasteiger partial charge in [-0.15, -0.1) is 0 Å². The molecule has 0 radical (unpaired) electrons. The number of nitrogens with two attached hydrogens (primary N) is 1. The molecule has 0 amide bonds. The van der Waals surface area contributed by atoms with Crippen LogP contribution >= 0.6 is 0 Å².